The molecule has 6 nitrogen and oxygen atoms in total. The molecule has 3 fully saturated rings. The highest BCUT2D eigenvalue weighted by molar-refractivity contribution is 5.88. The third-order valence-corrected chi connectivity index (χ3v) is 6.28. The molecule has 3 heterocycles. The number of carbonyl (C=O) groups excluding carboxylic acids is 2. The summed E-state index contributed by atoms with van der Waals surface area (Å²) in [6, 6.07) is 0.341. The Hall–Kier alpha value is -1.85. The van der Waals surface area contributed by atoms with E-state index in [1.165, 1.54) is 12.8 Å². The van der Waals surface area contributed by atoms with Gasteiger partial charge in [-0.15, -0.1) is 0 Å². The molecule has 0 bridgehead atoms. The third kappa shape index (κ3) is 2.75. The molecule has 2 unspecified atom stereocenters. The van der Waals surface area contributed by atoms with Crippen molar-refractivity contribution in [1.82, 2.24) is 19.4 Å². The summed E-state index contributed by atoms with van der Waals surface area (Å²) in [6.45, 7) is 8.71. The smallest absolute Gasteiger partial charge is 0.231 e. The van der Waals surface area contributed by atoms with E-state index in [4.69, 9.17) is 0 Å². The molecule has 6 heteroatoms. The molecule has 0 N–H and O–H groups in total. The highest BCUT2D eigenvalue weighted by Crippen LogP contribution is 2.50. The van der Waals surface area contributed by atoms with Gasteiger partial charge in [0.1, 0.15) is 0 Å². The predicted octanol–water partition coefficient (Wildman–Crippen LogP) is 2.04. The quantitative estimate of drug-likeness (QED) is 0.840. The Kier molecular flexibility index (Phi) is 3.89. The minimum atomic E-state index is -0.475. The van der Waals surface area contributed by atoms with Crippen LogP contribution in [0.2, 0.25) is 0 Å². The molecule has 1 aromatic rings. The normalized spacial score (nSPS) is 29.4. The van der Waals surface area contributed by atoms with Gasteiger partial charge in [-0.2, -0.15) is 0 Å². The van der Waals surface area contributed by atoms with Gasteiger partial charge in [0.2, 0.25) is 11.8 Å². The highest BCUT2D eigenvalue weighted by Gasteiger charge is 2.58. The molecule has 136 valence electrons. The van der Waals surface area contributed by atoms with Crippen molar-refractivity contribution in [1.29, 1.82) is 0 Å². The Bertz CT molecular complexity index is 693. The Morgan fingerprint density at radius 1 is 1.40 bits per heavy atom. The minimum absolute atomic E-state index is 0.00750. The molecule has 0 aromatic carbocycles. The lowest BCUT2D eigenvalue weighted by atomic mass is 9.75. The van der Waals surface area contributed by atoms with Crippen LogP contribution in [0.3, 0.4) is 0 Å². The average Bonchev–Trinajstić information content (AvgIpc) is 2.99. The van der Waals surface area contributed by atoms with Crippen molar-refractivity contribution in [2.24, 2.45) is 11.3 Å². The fourth-order valence-electron chi connectivity index (χ4n) is 4.46. The molecule has 2 aliphatic heterocycles. The molecule has 1 saturated carbocycles. The van der Waals surface area contributed by atoms with E-state index in [0.29, 0.717) is 25.0 Å². The number of aromatic nitrogens is 2. The topological polar surface area (TPSA) is 58.4 Å². The van der Waals surface area contributed by atoms with Crippen LogP contribution in [-0.2, 0) is 9.59 Å². The van der Waals surface area contributed by atoms with Crippen molar-refractivity contribution in [3.8, 4) is 0 Å². The van der Waals surface area contributed by atoms with Gasteiger partial charge in [-0.05, 0) is 39.0 Å². The lowest BCUT2D eigenvalue weighted by molar-refractivity contribution is -0.136. The summed E-state index contributed by atoms with van der Waals surface area (Å²) in [5.74, 6) is 1.00. The van der Waals surface area contributed by atoms with Crippen LogP contribution in [0.1, 0.15) is 57.7 Å². The zero-order chi connectivity index (χ0) is 17.8. The van der Waals surface area contributed by atoms with Crippen molar-refractivity contribution in [2.45, 2.75) is 52.0 Å². The highest BCUT2D eigenvalue weighted by atomic mass is 16.2. The van der Waals surface area contributed by atoms with Crippen LogP contribution in [0.4, 0.5) is 0 Å². The molecular formula is C19H28N4O2. The second-order valence-electron chi connectivity index (χ2n) is 8.39. The SMILES string of the molecule is CC(=O)N1CC(c2cn(C(C)C)cn2)C2(CCN(CC3CC3)C2=O)C1. The molecule has 1 spiro atoms. The Morgan fingerprint density at radius 2 is 2.16 bits per heavy atom. The van der Waals surface area contributed by atoms with Crippen LogP contribution in [0.25, 0.3) is 0 Å². The summed E-state index contributed by atoms with van der Waals surface area (Å²) < 4.78 is 2.08. The number of nitrogens with zero attached hydrogens (tertiary/aromatic N) is 4. The molecule has 2 saturated heterocycles. The fraction of sp³-hybridized carbons (Fsp3) is 0.737. The second kappa shape index (κ2) is 5.85. The summed E-state index contributed by atoms with van der Waals surface area (Å²) in [6.07, 6.45) is 7.25. The molecule has 2 amide bonds. The van der Waals surface area contributed by atoms with Crippen molar-refractivity contribution in [3.05, 3.63) is 18.2 Å². The van der Waals surface area contributed by atoms with Gasteiger partial charge in [-0.1, -0.05) is 0 Å². The van der Waals surface area contributed by atoms with Crippen LogP contribution in [0.15, 0.2) is 12.5 Å². The number of rotatable bonds is 4. The van der Waals surface area contributed by atoms with Crippen LogP contribution in [-0.4, -0.2) is 57.3 Å². The summed E-state index contributed by atoms with van der Waals surface area (Å²) in [5.41, 5.74) is 0.482. The molecule has 2 atom stereocenters. The van der Waals surface area contributed by atoms with Crippen molar-refractivity contribution in [2.75, 3.05) is 26.2 Å². The van der Waals surface area contributed by atoms with Gasteiger partial charge in [0.25, 0.3) is 0 Å². The van der Waals surface area contributed by atoms with Crippen LogP contribution in [0.5, 0.6) is 0 Å². The summed E-state index contributed by atoms with van der Waals surface area (Å²) in [4.78, 5) is 33.9. The third-order valence-electron chi connectivity index (χ3n) is 6.28. The monoisotopic (exact) mass is 344 g/mol. The first-order valence-electron chi connectivity index (χ1n) is 9.49. The Morgan fingerprint density at radius 3 is 2.76 bits per heavy atom. The maximum atomic E-state index is 13.3. The Labute approximate surface area is 149 Å². The second-order valence-corrected chi connectivity index (χ2v) is 8.39. The van der Waals surface area contributed by atoms with Gasteiger partial charge in [-0.3, -0.25) is 9.59 Å². The maximum Gasteiger partial charge on any atom is 0.231 e. The zero-order valence-electron chi connectivity index (χ0n) is 15.4. The van der Waals surface area contributed by atoms with Gasteiger partial charge < -0.3 is 14.4 Å². The van der Waals surface area contributed by atoms with Crippen LogP contribution in [0, 0.1) is 11.3 Å². The zero-order valence-corrected chi connectivity index (χ0v) is 15.4. The lowest BCUT2D eigenvalue weighted by Crippen LogP contribution is -2.40. The van der Waals surface area contributed by atoms with Crippen LogP contribution < -0.4 is 0 Å². The number of carbonyl (C=O) groups is 2. The van der Waals surface area contributed by atoms with E-state index >= 15 is 0 Å². The van der Waals surface area contributed by atoms with Crippen molar-refractivity contribution >= 4 is 11.8 Å². The lowest BCUT2D eigenvalue weighted by Gasteiger charge is -2.27. The van der Waals surface area contributed by atoms with Gasteiger partial charge in [0, 0.05) is 51.3 Å². The van der Waals surface area contributed by atoms with E-state index < -0.39 is 5.41 Å². The van der Waals surface area contributed by atoms with Gasteiger partial charge >= 0.3 is 0 Å². The molecule has 1 aliphatic carbocycles. The molecule has 0 radical (unpaired) electrons. The minimum Gasteiger partial charge on any atom is -0.342 e. The molecule has 3 aliphatic rings. The number of hydrogen-bond donors (Lipinski definition) is 0. The molecular weight excluding hydrogens is 316 g/mol. The number of imidazole rings is 1. The number of likely N-dealkylation sites (tertiary alicyclic amines) is 2. The van der Waals surface area contributed by atoms with Crippen LogP contribution >= 0.6 is 0 Å². The van der Waals surface area contributed by atoms with E-state index in [-0.39, 0.29) is 17.7 Å². The van der Waals surface area contributed by atoms with Crippen molar-refractivity contribution in [3.63, 3.8) is 0 Å². The fourth-order valence-corrected chi connectivity index (χ4v) is 4.46. The van der Waals surface area contributed by atoms with Gasteiger partial charge in [0.15, 0.2) is 0 Å². The predicted molar refractivity (Wildman–Crippen MR) is 94.0 cm³/mol. The molecule has 25 heavy (non-hydrogen) atoms. The summed E-state index contributed by atoms with van der Waals surface area (Å²) in [5, 5.41) is 0. The molecule has 4 rings (SSSR count). The van der Waals surface area contributed by atoms with E-state index in [0.717, 1.165) is 25.2 Å². The number of hydrogen-bond acceptors (Lipinski definition) is 3. The van der Waals surface area contributed by atoms with Crippen molar-refractivity contribution < 1.29 is 9.59 Å². The Balaban J connectivity index is 1.64. The summed E-state index contributed by atoms with van der Waals surface area (Å²) in [7, 11) is 0. The first kappa shape index (κ1) is 16.6. The largest absolute Gasteiger partial charge is 0.342 e. The first-order valence-corrected chi connectivity index (χ1v) is 9.49. The maximum absolute atomic E-state index is 13.3. The standard InChI is InChI=1S/C19H28N4O2/c1-13(2)23-10-17(20-12-23)16-9-22(14(3)24)11-19(16)6-7-21(18(19)25)8-15-4-5-15/h10,12-13,15-16H,4-9,11H2,1-3H3. The van der Waals surface area contributed by atoms with E-state index in [9.17, 15) is 9.59 Å². The summed E-state index contributed by atoms with van der Waals surface area (Å²) >= 11 is 0. The van der Waals surface area contributed by atoms with Gasteiger partial charge in [0.05, 0.1) is 17.4 Å². The molecule has 1 aromatic heterocycles. The average molecular weight is 344 g/mol. The van der Waals surface area contributed by atoms with E-state index in [2.05, 4.69) is 29.6 Å². The number of amides is 2. The first-order chi connectivity index (χ1) is 11.9. The van der Waals surface area contributed by atoms with E-state index in [1.807, 2.05) is 16.1 Å². The van der Waals surface area contributed by atoms with E-state index in [1.54, 1.807) is 6.92 Å². The van der Waals surface area contributed by atoms with Gasteiger partial charge in [-0.25, -0.2) is 4.98 Å².